The van der Waals surface area contributed by atoms with E-state index in [1.807, 2.05) is 24.0 Å². The van der Waals surface area contributed by atoms with E-state index in [-0.39, 0.29) is 25.1 Å². The van der Waals surface area contributed by atoms with Crippen LogP contribution >= 0.6 is 0 Å². The van der Waals surface area contributed by atoms with E-state index >= 15 is 0 Å². The first-order valence-electron chi connectivity index (χ1n) is 13.4. The number of piperidine rings is 1. The Morgan fingerprint density at radius 2 is 1.84 bits per heavy atom. The molecule has 1 amide bonds. The van der Waals surface area contributed by atoms with Gasteiger partial charge in [-0.3, -0.25) is 4.79 Å². The Labute approximate surface area is 220 Å². The summed E-state index contributed by atoms with van der Waals surface area (Å²) in [6, 6.07) is 12.8. The molecule has 7 nitrogen and oxygen atoms in total. The molecule has 0 radical (unpaired) electrons. The number of methoxy groups -OCH3 is 2. The molecule has 3 N–H and O–H groups in total. The maximum Gasteiger partial charge on any atom is 0.236 e. The molecule has 0 saturated carbocycles. The van der Waals surface area contributed by atoms with Crippen LogP contribution in [0.4, 0.5) is 0 Å². The first-order valence-corrected chi connectivity index (χ1v) is 13.4. The quantitative estimate of drug-likeness (QED) is 0.358. The second kappa shape index (κ2) is 12.0. The van der Waals surface area contributed by atoms with Gasteiger partial charge in [-0.15, -0.1) is 0 Å². The van der Waals surface area contributed by atoms with Crippen molar-refractivity contribution in [2.24, 2.45) is 0 Å². The lowest BCUT2D eigenvalue weighted by atomic mass is 9.87. The van der Waals surface area contributed by atoms with Crippen LogP contribution in [0.5, 0.6) is 11.5 Å². The molecule has 1 unspecified atom stereocenters. The summed E-state index contributed by atoms with van der Waals surface area (Å²) in [5.41, 5.74) is 5.96. The molecular weight excluding hydrogens is 466 g/mol. The van der Waals surface area contributed by atoms with E-state index in [1.54, 1.807) is 14.2 Å². The zero-order valence-electron chi connectivity index (χ0n) is 22.8. The number of carbonyl (C=O) groups is 1. The number of aromatic amines is 1. The Balaban J connectivity index is 1.54. The Morgan fingerprint density at radius 3 is 2.46 bits per heavy atom. The van der Waals surface area contributed by atoms with E-state index < -0.39 is 0 Å². The van der Waals surface area contributed by atoms with E-state index in [4.69, 9.17) is 9.47 Å². The molecule has 0 aliphatic carbocycles. The molecule has 1 fully saturated rings. The van der Waals surface area contributed by atoms with Gasteiger partial charge in [-0.25, -0.2) is 0 Å². The molecular formula is C30H41N3O4. The number of fused-ring (bicyclic) bond motifs is 1. The van der Waals surface area contributed by atoms with Crippen LogP contribution in [0.15, 0.2) is 36.4 Å². The molecule has 37 heavy (non-hydrogen) atoms. The Morgan fingerprint density at radius 1 is 1.11 bits per heavy atom. The molecule has 1 aliphatic heterocycles. The van der Waals surface area contributed by atoms with Gasteiger partial charge in [0, 0.05) is 35.6 Å². The predicted octanol–water partition coefficient (Wildman–Crippen LogP) is 5.04. The number of hydrogen-bond acceptors (Lipinski definition) is 5. The molecule has 7 heteroatoms. The largest absolute Gasteiger partial charge is 0.493 e. The number of likely N-dealkylation sites (tertiary alicyclic amines) is 1. The summed E-state index contributed by atoms with van der Waals surface area (Å²) in [5, 5.41) is 13.8. The van der Waals surface area contributed by atoms with Crippen molar-refractivity contribution in [2.75, 3.05) is 40.5 Å². The molecule has 2 heterocycles. The fourth-order valence-corrected chi connectivity index (χ4v) is 5.45. The fourth-order valence-electron chi connectivity index (χ4n) is 5.45. The molecule has 1 aliphatic rings. The minimum atomic E-state index is -0.0198. The van der Waals surface area contributed by atoms with Crippen LogP contribution in [0.25, 0.3) is 22.2 Å². The van der Waals surface area contributed by atoms with E-state index in [1.165, 1.54) is 16.5 Å². The predicted molar refractivity (Wildman–Crippen MR) is 149 cm³/mol. The molecule has 4 rings (SSSR count). The van der Waals surface area contributed by atoms with Crippen molar-refractivity contribution in [3.05, 3.63) is 47.5 Å². The third kappa shape index (κ3) is 5.78. The average molecular weight is 508 g/mol. The van der Waals surface area contributed by atoms with Gasteiger partial charge in [0.05, 0.1) is 33.1 Å². The number of aromatic nitrogens is 1. The normalized spacial score (nSPS) is 15.4. The summed E-state index contributed by atoms with van der Waals surface area (Å²) in [7, 11) is 3.31. The molecule has 1 saturated heterocycles. The van der Waals surface area contributed by atoms with E-state index in [0.717, 1.165) is 54.9 Å². The maximum absolute atomic E-state index is 12.7. The second-order valence-corrected chi connectivity index (χ2v) is 10.3. The zero-order chi connectivity index (χ0) is 26.5. The number of carbonyl (C=O) groups excluding carboxylic acids is 1. The van der Waals surface area contributed by atoms with Crippen molar-refractivity contribution >= 4 is 16.8 Å². The summed E-state index contributed by atoms with van der Waals surface area (Å²) in [5.74, 6) is 2.32. The summed E-state index contributed by atoms with van der Waals surface area (Å²) in [4.78, 5) is 18.3. The van der Waals surface area contributed by atoms with Gasteiger partial charge in [-0.1, -0.05) is 26.8 Å². The monoisotopic (exact) mass is 507 g/mol. The van der Waals surface area contributed by atoms with Crippen LogP contribution in [-0.2, 0) is 4.79 Å². The number of nitrogens with one attached hydrogen (secondary N) is 2. The van der Waals surface area contributed by atoms with E-state index in [9.17, 15) is 9.90 Å². The van der Waals surface area contributed by atoms with E-state index in [2.05, 4.69) is 48.4 Å². The SMILES string of the molecule is CCC(CO)NCC(=O)N1CCC(c2ccc3[nH]c(-c4ccc(OC)c(OC)c4)c(C(C)C)c3c2)CC1. The topological polar surface area (TPSA) is 86.8 Å². The number of amides is 1. The zero-order valence-corrected chi connectivity index (χ0v) is 22.8. The van der Waals surface area contributed by atoms with Crippen molar-refractivity contribution in [2.45, 2.75) is 57.9 Å². The van der Waals surface area contributed by atoms with Crippen molar-refractivity contribution in [3.8, 4) is 22.8 Å². The molecule has 1 atom stereocenters. The first-order chi connectivity index (χ1) is 17.9. The Hall–Kier alpha value is -3.03. The van der Waals surface area contributed by atoms with Gasteiger partial charge in [0.2, 0.25) is 5.91 Å². The molecule has 0 bridgehead atoms. The van der Waals surface area contributed by atoms with Crippen LogP contribution in [0, 0.1) is 0 Å². The lowest BCUT2D eigenvalue weighted by Gasteiger charge is -2.32. The van der Waals surface area contributed by atoms with Gasteiger partial charge in [0.25, 0.3) is 0 Å². The third-order valence-corrected chi connectivity index (χ3v) is 7.69. The number of hydrogen-bond donors (Lipinski definition) is 3. The lowest BCUT2D eigenvalue weighted by Crippen LogP contribution is -2.45. The maximum atomic E-state index is 12.7. The molecule has 2 aromatic carbocycles. The Kier molecular flexibility index (Phi) is 8.77. The number of benzene rings is 2. The average Bonchev–Trinajstić information content (AvgIpc) is 3.32. The van der Waals surface area contributed by atoms with Crippen LogP contribution in [-0.4, -0.2) is 67.4 Å². The van der Waals surface area contributed by atoms with Gasteiger partial charge < -0.3 is 29.8 Å². The van der Waals surface area contributed by atoms with Gasteiger partial charge in [0.15, 0.2) is 11.5 Å². The smallest absolute Gasteiger partial charge is 0.236 e. The number of nitrogens with zero attached hydrogens (tertiary/aromatic N) is 1. The standard InChI is InChI=1S/C30H41N3O4/c1-6-23(18-34)31-17-28(35)33-13-11-20(12-14-33)21-7-9-25-24(15-21)29(19(2)3)30(32-25)22-8-10-26(36-4)27(16-22)37-5/h7-10,15-16,19-20,23,31-32,34H,6,11-14,17-18H2,1-5H3. The molecule has 200 valence electrons. The van der Waals surface area contributed by atoms with Gasteiger partial charge in [0.1, 0.15) is 0 Å². The van der Waals surface area contributed by atoms with Crippen molar-refractivity contribution < 1.29 is 19.4 Å². The second-order valence-electron chi connectivity index (χ2n) is 10.3. The van der Waals surface area contributed by atoms with Gasteiger partial charge >= 0.3 is 0 Å². The van der Waals surface area contributed by atoms with Crippen LogP contribution < -0.4 is 14.8 Å². The van der Waals surface area contributed by atoms with Crippen molar-refractivity contribution in [1.82, 2.24) is 15.2 Å². The van der Waals surface area contributed by atoms with Crippen molar-refractivity contribution in [3.63, 3.8) is 0 Å². The number of aliphatic hydroxyl groups excluding tert-OH is 1. The first kappa shape index (κ1) is 27.0. The summed E-state index contributed by atoms with van der Waals surface area (Å²) < 4.78 is 11.0. The number of H-pyrrole nitrogens is 1. The van der Waals surface area contributed by atoms with Crippen molar-refractivity contribution in [1.29, 1.82) is 0 Å². The lowest BCUT2D eigenvalue weighted by molar-refractivity contribution is -0.131. The number of ether oxygens (including phenoxy) is 2. The number of rotatable bonds is 10. The molecule has 1 aromatic heterocycles. The highest BCUT2D eigenvalue weighted by atomic mass is 16.5. The van der Waals surface area contributed by atoms with Gasteiger partial charge in [-0.05, 0) is 72.6 Å². The fraction of sp³-hybridized carbons (Fsp3) is 0.500. The minimum absolute atomic E-state index is 0.0198. The minimum Gasteiger partial charge on any atom is -0.493 e. The Bertz CT molecular complexity index is 1210. The van der Waals surface area contributed by atoms with Crippen LogP contribution in [0.2, 0.25) is 0 Å². The molecule has 0 spiro atoms. The highest BCUT2D eigenvalue weighted by Crippen LogP contribution is 2.40. The highest BCUT2D eigenvalue weighted by molar-refractivity contribution is 5.92. The molecule has 3 aromatic rings. The summed E-state index contributed by atoms with van der Waals surface area (Å²) in [6.07, 6.45) is 2.72. The highest BCUT2D eigenvalue weighted by Gasteiger charge is 2.25. The van der Waals surface area contributed by atoms with E-state index in [0.29, 0.717) is 17.6 Å². The third-order valence-electron chi connectivity index (χ3n) is 7.69. The van der Waals surface area contributed by atoms with Crippen LogP contribution in [0.1, 0.15) is 63.0 Å². The summed E-state index contributed by atoms with van der Waals surface area (Å²) >= 11 is 0. The number of aliphatic hydroxyl groups is 1. The summed E-state index contributed by atoms with van der Waals surface area (Å²) in [6.45, 7) is 8.34. The van der Waals surface area contributed by atoms with Crippen LogP contribution in [0.3, 0.4) is 0 Å². The van der Waals surface area contributed by atoms with Gasteiger partial charge in [-0.2, -0.15) is 0 Å².